The summed E-state index contributed by atoms with van der Waals surface area (Å²) in [5, 5.41) is 2.95. The number of amides is 1. The first-order chi connectivity index (χ1) is 11.6. The summed E-state index contributed by atoms with van der Waals surface area (Å²) in [7, 11) is 1.56. The van der Waals surface area contributed by atoms with Crippen LogP contribution in [0.15, 0.2) is 54.6 Å². The predicted molar refractivity (Wildman–Crippen MR) is 101 cm³/mol. The SMILES string of the molecule is COC(CN)CC(=O)NC(C)c1ccc(Oc2ccccc2)cc1.Cl. The lowest BCUT2D eigenvalue weighted by Crippen LogP contribution is -2.33. The number of rotatable bonds is 8. The molecule has 0 radical (unpaired) electrons. The molecule has 3 N–H and O–H groups in total. The van der Waals surface area contributed by atoms with Crippen molar-refractivity contribution < 1.29 is 14.3 Å². The van der Waals surface area contributed by atoms with Gasteiger partial charge in [-0.1, -0.05) is 30.3 Å². The fraction of sp³-hybridized carbons (Fsp3) is 0.316. The van der Waals surface area contributed by atoms with Gasteiger partial charge >= 0.3 is 0 Å². The molecule has 25 heavy (non-hydrogen) atoms. The number of hydrogen-bond donors (Lipinski definition) is 2. The van der Waals surface area contributed by atoms with Crippen LogP contribution in [0.2, 0.25) is 0 Å². The van der Waals surface area contributed by atoms with Gasteiger partial charge in [-0.15, -0.1) is 12.4 Å². The minimum atomic E-state index is -0.251. The van der Waals surface area contributed by atoms with Crippen molar-refractivity contribution in [3.05, 3.63) is 60.2 Å². The summed E-state index contributed by atoms with van der Waals surface area (Å²) in [5.74, 6) is 1.47. The molecule has 0 saturated carbocycles. The molecule has 136 valence electrons. The lowest BCUT2D eigenvalue weighted by Gasteiger charge is -2.17. The highest BCUT2D eigenvalue weighted by molar-refractivity contribution is 5.85. The minimum absolute atomic E-state index is 0. The Hall–Kier alpha value is -2.08. The fourth-order valence-electron chi connectivity index (χ4n) is 2.30. The van der Waals surface area contributed by atoms with Crippen LogP contribution in [0.1, 0.15) is 24.9 Å². The molecule has 5 nitrogen and oxygen atoms in total. The smallest absolute Gasteiger partial charge is 0.223 e. The van der Waals surface area contributed by atoms with Crippen molar-refractivity contribution in [1.82, 2.24) is 5.32 Å². The molecule has 2 unspecified atom stereocenters. The molecule has 1 amide bonds. The number of ether oxygens (including phenoxy) is 2. The van der Waals surface area contributed by atoms with Crippen LogP contribution in [-0.4, -0.2) is 25.7 Å². The molecular formula is C19H25ClN2O3. The van der Waals surface area contributed by atoms with E-state index in [1.807, 2.05) is 61.5 Å². The van der Waals surface area contributed by atoms with Crippen LogP contribution < -0.4 is 15.8 Å². The van der Waals surface area contributed by atoms with Crippen molar-refractivity contribution in [2.75, 3.05) is 13.7 Å². The Labute approximate surface area is 154 Å². The minimum Gasteiger partial charge on any atom is -0.457 e. The van der Waals surface area contributed by atoms with E-state index in [4.69, 9.17) is 15.2 Å². The van der Waals surface area contributed by atoms with Gasteiger partial charge in [0.2, 0.25) is 5.91 Å². The number of methoxy groups -OCH3 is 1. The Morgan fingerprint density at radius 1 is 1.08 bits per heavy atom. The highest BCUT2D eigenvalue weighted by atomic mass is 35.5. The molecule has 0 aliphatic carbocycles. The van der Waals surface area contributed by atoms with Crippen LogP contribution in [0.5, 0.6) is 11.5 Å². The van der Waals surface area contributed by atoms with Gasteiger partial charge in [-0.25, -0.2) is 0 Å². The van der Waals surface area contributed by atoms with Crippen LogP contribution in [0, 0.1) is 0 Å². The third kappa shape index (κ3) is 6.74. The molecular weight excluding hydrogens is 340 g/mol. The van der Waals surface area contributed by atoms with Gasteiger partial charge in [-0.3, -0.25) is 4.79 Å². The zero-order chi connectivity index (χ0) is 17.4. The van der Waals surface area contributed by atoms with Crippen molar-refractivity contribution in [3.8, 4) is 11.5 Å². The fourth-order valence-corrected chi connectivity index (χ4v) is 2.30. The average molecular weight is 365 g/mol. The Morgan fingerprint density at radius 3 is 2.24 bits per heavy atom. The second-order valence-electron chi connectivity index (χ2n) is 5.57. The maximum absolute atomic E-state index is 12.0. The van der Waals surface area contributed by atoms with Crippen molar-refractivity contribution in [2.24, 2.45) is 5.73 Å². The Bertz CT molecular complexity index is 631. The lowest BCUT2D eigenvalue weighted by molar-refractivity contribution is -0.124. The summed E-state index contributed by atoms with van der Waals surface area (Å²) in [5.41, 5.74) is 6.54. The molecule has 0 aromatic heterocycles. The van der Waals surface area contributed by atoms with E-state index in [1.165, 1.54) is 0 Å². The highest BCUT2D eigenvalue weighted by Crippen LogP contribution is 2.23. The first-order valence-corrected chi connectivity index (χ1v) is 7.97. The van der Waals surface area contributed by atoms with Gasteiger partial charge < -0.3 is 20.5 Å². The van der Waals surface area contributed by atoms with Gasteiger partial charge in [0.05, 0.1) is 18.6 Å². The Morgan fingerprint density at radius 2 is 1.68 bits per heavy atom. The van der Waals surface area contributed by atoms with Crippen molar-refractivity contribution in [3.63, 3.8) is 0 Å². The van der Waals surface area contributed by atoms with Crippen molar-refractivity contribution in [1.29, 1.82) is 0 Å². The van der Waals surface area contributed by atoms with E-state index in [2.05, 4.69) is 5.32 Å². The molecule has 2 aromatic rings. The van der Waals surface area contributed by atoms with Gasteiger partial charge in [0.1, 0.15) is 11.5 Å². The molecule has 2 aromatic carbocycles. The van der Waals surface area contributed by atoms with E-state index in [-0.39, 0.29) is 36.9 Å². The topological polar surface area (TPSA) is 73.6 Å². The molecule has 0 bridgehead atoms. The third-order valence-electron chi connectivity index (χ3n) is 3.75. The summed E-state index contributed by atoms with van der Waals surface area (Å²) in [6.45, 7) is 2.26. The molecule has 0 aliphatic rings. The standard InChI is InChI=1S/C19H24N2O3.ClH/c1-14(21-19(22)12-18(13-20)23-2)15-8-10-17(11-9-15)24-16-6-4-3-5-7-16;/h3-11,14,18H,12-13,20H2,1-2H3,(H,21,22);1H. The maximum Gasteiger partial charge on any atom is 0.223 e. The number of carbonyl (C=O) groups is 1. The predicted octanol–water partition coefficient (Wildman–Crippen LogP) is 3.44. The summed E-state index contributed by atoms with van der Waals surface area (Å²) in [6, 6.07) is 17.2. The van der Waals surface area contributed by atoms with Gasteiger partial charge in [-0.2, -0.15) is 0 Å². The molecule has 0 fully saturated rings. The molecule has 0 saturated heterocycles. The summed E-state index contributed by atoms with van der Waals surface area (Å²) < 4.78 is 10.9. The largest absolute Gasteiger partial charge is 0.457 e. The molecule has 6 heteroatoms. The van der Waals surface area contributed by atoms with E-state index in [9.17, 15) is 4.79 Å². The quantitative estimate of drug-likeness (QED) is 0.752. The van der Waals surface area contributed by atoms with E-state index in [1.54, 1.807) is 7.11 Å². The van der Waals surface area contributed by atoms with Crippen LogP contribution in [0.4, 0.5) is 0 Å². The summed E-state index contributed by atoms with van der Waals surface area (Å²) in [6.07, 6.45) is 0.00542. The van der Waals surface area contributed by atoms with E-state index < -0.39 is 0 Å². The Balaban J connectivity index is 0.00000312. The summed E-state index contributed by atoms with van der Waals surface area (Å²) >= 11 is 0. The zero-order valence-electron chi connectivity index (χ0n) is 14.5. The van der Waals surface area contributed by atoms with Crippen LogP contribution >= 0.6 is 12.4 Å². The number of nitrogens with two attached hydrogens (primary N) is 1. The van der Waals surface area contributed by atoms with E-state index in [0.29, 0.717) is 6.54 Å². The number of nitrogens with one attached hydrogen (secondary N) is 1. The monoisotopic (exact) mass is 364 g/mol. The molecule has 0 heterocycles. The number of hydrogen-bond acceptors (Lipinski definition) is 4. The van der Waals surface area contributed by atoms with Gasteiger partial charge in [0.25, 0.3) is 0 Å². The number of carbonyl (C=O) groups excluding carboxylic acids is 1. The van der Waals surface area contributed by atoms with Crippen LogP contribution in [-0.2, 0) is 9.53 Å². The van der Waals surface area contributed by atoms with Gasteiger partial charge in [0.15, 0.2) is 0 Å². The van der Waals surface area contributed by atoms with Gasteiger partial charge in [0, 0.05) is 13.7 Å². The lowest BCUT2D eigenvalue weighted by atomic mass is 10.1. The van der Waals surface area contributed by atoms with Crippen LogP contribution in [0.3, 0.4) is 0 Å². The average Bonchev–Trinajstić information content (AvgIpc) is 2.61. The molecule has 2 rings (SSSR count). The number of para-hydroxylation sites is 1. The first kappa shape index (κ1) is 21.0. The van der Waals surface area contributed by atoms with Gasteiger partial charge in [-0.05, 0) is 36.8 Å². The van der Waals surface area contributed by atoms with E-state index >= 15 is 0 Å². The maximum atomic E-state index is 12.0. The normalized spacial score (nSPS) is 12.6. The van der Waals surface area contributed by atoms with Crippen molar-refractivity contribution >= 4 is 18.3 Å². The molecule has 0 aliphatic heterocycles. The van der Waals surface area contributed by atoms with E-state index in [0.717, 1.165) is 17.1 Å². The second kappa shape index (κ2) is 10.7. The van der Waals surface area contributed by atoms with Crippen molar-refractivity contribution in [2.45, 2.75) is 25.5 Å². The van der Waals surface area contributed by atoms with Crippen LogP contribution in [0.25, 0.3) is 0 Å². The highest BCUT2D eigenvalue weighted by Gasteiger charge is 2.14. The summed E-state index contributed by atoms with van der Waals surface area (Å²) in [4.78, 5) is 12.0. The second-order valence-corrected chi connectivity index (χ2v) is 5.57. The zero-order valence-corrected chi connectivity index (χ0v) is 15.3. The molecule has 2 atom stereocenters. The molecule has 0 spiro atoms. The first-order valence-electron chi connectivity index (χ1n) is 7.97. The third-order valence-corrected chi connectivity index (χ3v) is 3.75. The number of benzene rings is 2. The number of halogens is 1. The Kier molecular flexibility index (Phi) is 8.99.